The molecule has 2 rings (SSSR count). The van der Waals surface area contributed by atoms with Gasteiger partial charge in [-0.25, -0.2) is 8.78 Å². The first-order chi connectivity index (χ1) is 10.0. The highest BCUT2D eigenvalue weighted by molar-refractivity contribution is 7.80. The van der Waals surface area contributed by atoms with E-state index in [0.29, 0.717) is 6.54 Å². The lowest BCUT2D eigenvalue weighted by Crippen LogP contribution is -2.14. The number of thiocarbonyl (C=S) groups is 1. The largest absolute Gasteiger partial charge is 0.497 e. The van der Waals surface area contributed by atoms with Gasteiger partial charge in [0.1, 0.15) is 10.7 Å². The van der Waals surface area contributed by atoms with Gasteiger partial charge >= 0.3 is 0 Å². The molecule has 2 aromatic rings. The van der Waals surface area contributed by atoms with Crippen LogP contribution in [0.5, 0.6) is 5.75 Å². The van der Waals surface area contributed by atoms with Crippen LogP contribution in [0.1, 0.15) is 11.1 Å². The maximum atomic E-state index is 13.9. The minimum atomic E-state index is -1.04. The second-order valence-electron chi connectivity index (χ2n) is 4.35. The van der Waals surface area contributed by atoms with Crippen LogP contribution in [-0.4, -0.2) is 12.1 Å². The average molecular weight is 308 g/mol. The number of halogens is 2. The predicted octanol–water partition coefficient (Wildman–Crippen LogP) is 3.22. The van der Waals surface area contributed by atoms with Gasteiger partial charge in [-0.1, -0.05) is 24.4 Å². The van der Waals surface area contributed by atoms with E-state index < -0.39 is 11.6 Å². The zero-order valence-electron chi connectivity index (χ0n) is 11.3. The summed E-state index contributed by atoms with van der Waals surface area (Å²) < 4.78 is 32.7. The van der Waals surface area contributed by atoms with Gasteiger partial charge < -0.3 is 15.8 Å². The minimum Gasteiger partial charge on any atom is -0.497 e. The predicted molar refractivity (Wildman–Crippen MR) is 82.6 cm³/mol. The third-order valence-corrected chi connectivity index (χ3v) is 3.21. The third kappa shape index (κ3) is 3.46. The van der Waals surface area contributed by atoms with Crippen molar-refractivity contribution in [1.29, 1.82) is 0 Å². The Bertz CT molecular complexity index is 659. The van der Waals surface area contributed by atoms with Gasteiger partial charge in [0.2, 0.25) is 0 Å². The first kappa shape index (κ1) is 15.2. The zero-order valence-corrected chi connectivity index (χ0v) is 12.1. The molecule has 0 heterocycles. The summed E-state index contributed by atoms with van der Waals surface area (Å²) in [5.74, 6) is -1.30. The van der Waals surface area contributed by atoms with E-state index in [4.69, 9.17) is 10.5 Å². The van der Waals surface area contributed by atoms with Crippen LogP contribution in [0.3, 0.4) is 0 Å². The van der Waals surface area contributed by atoms with Crippen molar-refractivity contribution in [2.24, 2.45) is 5.73 Å². The van der Waals surface area contributed by atoms with Crippen molar-refractivity contribution in [2.45, 2.75) is 6.54 Å². The van der Waals surface area contributed by atoms with Gasteiger partial charge in [0.05, 0.1) is 12.8 Å². The van der Waals surface area contributed by atoms with E-state index in [2.05, 4.69) is 17.5 Å². The van der Waals surface area contributed by atoms with Crippen molar-refractivity contribution in [3.05, 3.63) is 59.2 Å². The minimum absolute atomic E-state index is 0.0586. The topological polar surface area (TPSA) is 47.3 Å². The fourth-order valence-electron chi connectivity index (χ4n) is 1.82. The van der Waals surface area contributed by atoms with Crippen LogP contribution in [0.4, 0.5) is 14.5 Å². The fraction of sp³-hybridized carbons (Fsp3) is 0.133. The Morgan fingerprint density at radius 2 is 1.81 bits per heavy atom. The summed E-state index contributed by atoms with van der Waals surface area (Å²) in [6.45, 7) is 0.354. The molecular formula is C15H14F2N2OS. The fourth-order valence-corrected chi connectivity index (χ4v) is 1.97. The van der Waals surface area contributed by atoms with Gasteiger partial charge in [-0.2, -0.15) is 0 Å². The van der Waals surface area contributed by atoms with Gasteiger partial charge in [0.25, 0.3) is 0 Å². The second-order valence-corrected chi connectivity index (χ2v) is 4.79. The standard InChI is InChI=1S/C15H14F2N2OS/c1-20-10-4-2-9(3-5-10)8-19-12-7-6-11(15(18)21)13(16)14(12)17/h2-7,19H,8H2,1H3,(H2,18,21). The number of ether oxygens (including phenoxy) is 1. The Morgan fingerprint density at radius 3 is 2.38 bits per heavy atom. The maximum absolute atomic E-state index is 13.9. The Labute approximate surface area is 126 Å². The molecule has 0 amide bonds. The number of methoxy groups -OCH3 is 1. The molecular weight excluding hydrogens is 294 g/mol. The molecule has 21 heavy (non-hydrogen) atoms. The van der Waals surface area contributed by atoms with Crippen LogP contribution in [-0.2, 0) is 6.54 Å². The molecule has 0 radical (unpaired) electrons. The van der Waals surface area contributed by atoms with Crippen LogP contribution < -0.4 is 15.8 Å². The molecule has 0 aliphatic heterocycles. The number of nitrogens with two attached hydrogens (primary N) is 1. The molecule has 3 nitrogen and oxygen atoms in total. The quantitative estimate of drug-likeness (QED) is 0.833. The van der Waals surface area contributed by atoms with Crippen LogP contribution >= 0.6 is 12.2 Å². The van der Waals surface area contributed by atoms with Crippen LogP contribution in [0.2, 0.25) is 0 Å². The third-order valence-electron chi connectivity index (χ3n) is 2.99. The maximum Gasteiger partial charge on any atom is 0.182 e. The Hall–Kier alpha value is -2.21. The first-order valence-electron chi connectivity index (χ1n) is 6.17. The van der Waals surface area contributed by atoms with E-state index >= 15 is 0 Å². The molecule has 3 N–H and O–H groups in total. The highest BCUT2D eigenvalue weighted by atomic mass is 32.1. The van der Waals surface area contributed by atoms with E-state index in [1.807, 2.05) is 12.1 Å². The van der Waals surface area contributed by atoms with E-state index in [-0.39, 0.29) is 16.2 Å². The normalized spacial score (nSPS) is 10.2. The average Bonchev–Trinajstić information content (AvgIpc) is 2.49. The molecule has 110 valence electrons. The van der Waals surface area contributed by atoms with Crippen molar-refractivity contribution in [3.63, 3.8) is 0 Å². The lowest BCUT2D eigenvalue weighted by molar-refractivity contribution is 0.414. The number of anilines is 1. The molecule has 0 aromatic heterocycles. The molecule has 0 bridgehead atoms. The van der Waals surface area contributed by atoms with Crippen LogP contribution in [0, 0.1) is 11.6 Å². The number of hydrogen-bond donors (Lipinski definition) is 2. The van der Waals surface area contributed by atoms with Gasteiger partial charge in [0, 0.05) is 12.1 Å². The Kier molecular flexibility index (Phi) is 4.70. The van der Waals surface area contributed by atoms with Crippen molar-refractivity contribution in [3.8, 4) is 5.75 Å². The van der Waals surface area contributed by atoms with E-state index in [1.165, 1.54) is 12.1 Å². The number of hydrogen-bond acceptors (Lipinski definition) is 3. The van der Waals surface area contributed by atoms with Gasteiger partial charge in [0.15, 0.2) is 11.6 Å². The molecule has 6 heteroatoms. The molecule has 0 atom stereocenters. The monoisotopic (exact) mass is 308 g/mol. The van der Waals surface area contributed by atoms with E-state index in [1.54, 1.807) is 19.2 Å². The summed E-state index contributed by atoms with van der Waals surface area (Å²) >= 11 is 4.66. The molecule has 0 unspecified atom stereocenters. The second kappa shape index (κ2) is 6.49. The van der Waals surface area contributed by atoms with Crippen LogP contribution in [0.25, 0.3) is 0 Å². The molecule has 0 spiro atoms. The summed E-state index contributed by atoms with van der Waals surface area (Å²) in [6.07, 6.45) is 0. The summed E-state index contributed by atoms with van der Waals surface area (Å²) in [4.78, 5) is -0.173. The van der Waals surface area contributed by atoms with E-state index in [9.17, 15) is 8.78 Å². The molecule has 0 saturated carbocycles. The van der Waals surface area contributed by atoms with Gasteiger partial charge in [-0.3, -0.25) is 0 Å². The van der Waals surface area contributed by atoms with Gasteiger partial charge in [-0.05, 0) is 29.8 Å². The number of rotatable bonds is 5. The molecule has 2 aromatic carbocycles. The SMILES string of the molecule is COc1ccc(CNc2ccc(C(N)=S)c(F)c2F)cc1. The van der Waals surface area contributed by atoms with Crippen LogP contribution in [0.15, 0.2) is 36.4 Å². The zero-order chi connectivity index (χ0) is 15.4. The summed E-state index contributed by atoms with van der Waals surface area (Å²) in [6, 6.07) is 10.0. The summed E-state index contributed by atoms with van der Waals surface area (Å²) in [5.41, 5.74) is 6.19. The number of benzene rings is 2. The lowest BCUT2D eigenvalue weighted by Gasteiger charge is -2.10. The number of nitrogens with one attached hydrogen (secondary N) is 1. The highest BCUT2D eigenvalue weighted by Crippen LogP contribution is 2.21. The first-order valence-corrected chi connectivity index (χ1v) is 6.58. The smallest absolute Gasteiger partial charge is 0.182 e. The summed E-state index contributed by atoms with van der Waals surface area (Å²) in [7, 11) is 1.58. The molecule has 0 fully saturated rings. The molecule has 0 saturated heterocycles. The van der Waals surface area contributed by atoms with Crippen molar-refractivity contribution in [1.82, 2.24) is 0 Å². The van der Waals surface area contributed by atoms with Crippen molar-refractivity contribution in [2.75, 3.05) is 12.4 Å². The Morgan fingerprint density at radius 1 is 1.14 bits per heavy atom. The molecule has 0 aliphatic rings. The highest BCUT2D eigenvalue weighted by Gasteiger charge is 2.14. The van der Waals surface area contributed by atoms with Gasteiger partial charge in [-0.15, -0.1) is 0 Å². The van der Waals surface area contributed by atoms with Crippen molar-refractivity contribution >= 4 is 22.9 Å². The lowest BCUT2D eigenvalue weighted by atomic mass is 10.1. The van der Waals surface area contributed by atoms with Crippen molar-refractivity contribution < 1.29 is 13.5 Å². The van der Waals surface area contributed by atoms with E-state index in [0.717, 1.165) is 11.3 Å². The summed E-state index contributed by atoms with van der Waals surface area (Å²) in [5, 5.41) is 2.83. The Balaban J connectivity index is 2.12. The molecule has 0 aliphatic carbocycles.